The molecule has 5 nitrogen and oxygen atoms in total. The molecule has 2 rings (SSSR count). The number of carboxylic acids is 1. The summed E-state index contributed by atoms with van der Waals surface area (Å²) in [6.07, 6.45) is -2.02. The number of carbonyl (C=O) groups is 1. The van der Waals surface area contributed by atoms with E-state index in [2.05, 4.69) is 0 Å². The van der Waals surface area contributed by atoms with Gasteiger partial charge in [0.2, 0.25) is 0 Å². The number of benzene rings is 2. The summed E-state index contributed by atoms with van der Waals surface area (Å²) in [6.45, 7) is -0.201. The van der Waals surface area contributed by atoms with Crippen LogP contribution in [0.1, 0.15) is 28.4 Å². The summed E-state index contributed by atoms with van der Waals surface area (Å²) in [6, 6.07) is 9.74. The van der Waals surface area contributed by atoms with Crippen molar-refractivity contribution in [2.45, 2.75) is 18.6 Å². The zero-order chi connectivity index (χ0) is 14.7. The highest BCUT2D eigenvalue weighted by atomic mass is 16.4. The molecule has 2 atom stereocenters. The predicted molar refractivity (Wildman–Crippen MR) is 73.6 cm³/mol. The Kier molecular flexibility index (Phi) is 4.34. The average Bonchev–Trinajstić information content (AvgIpc) is 2.45. The van der Waals surface area contributed by atoms with Gasteiger partial charge >= 0.3 is 5.97 Å². The zero-order valence-corrected chi connectivity index (χ0v) is 10.7. The first kappa shape index (κ1) is 14.5. The average molecular weight is 276 g/mol. The van der Waals surface area contributed by atoms with E-state index >= 15 is 0 Å². The fourth-order valence-corrected chi connectivity index (χ4v) is 2.09. The highest BCUT2D eigenvalue weighted by molar-refractivity contribution is 5.94. The van der Waals surface area contributed by atoms with Gasteiger partial charge in [0.25, 0.3) is 0 Å². The molecule has 20 heavy (non-hydrogen) atoms. The zero-order valence-electron chi connectivity index (χ0n) is 10.7. The monoisotopic (exact) mass is 276 g/mol. The van der Waals surface area contributed by atoms with Crippen LogP contribution in [0.2, 0.25) is 0 Å². The van der Waals surface area contributed by atoms with Gasteiger partial charge < -0.3 is 20.4 Å². The first-order valence-electron chi connectivity index (χ1n) is 6.27. The van der Waals surface area contributed by atoms with Gasteiger partial charge in [-0.15, -0.1) is 0 Å². The molecule has 2 aromatic carbocycles. The molecule has 0 aliphatic rings. The topological polar surface area (TPSA) is 98.0 Å². The van der Waals surface area contributed by atoms with Crippen LogP contribution in [0.3, 0.4) is 0 Å². The van der Waals surface area contributed by atoms with E-state index < -0.39 is 18.2 Å². The van der Waals surface area contributed by atoms with Crippen LogP contribution in [0.25, 0.3) is 10.8 Å². The van der Waals surface area contributed by atoms with Gasteiger partial charge in [-0.1, -0.05) is 18.2 Å². The molecular formula is C15H16O5. The number of hydrogen-bond acceptors (Lipinski definition) is 4. The van der Waals surface area contributed by atoms with Crippen molar-refractivity contribution < 1.29 is 25.2 Å². The second-order valence-corrected chi connectivity index (χ2v) is 4.65. The minimum atomic E-state index is -1.08. The van der Waals surface area contributed by atoms with Crippen LogP contribution < -0.4 is 0 Å². The Balaban J connectivity index is 2.34. The predicted octanol–water partition coefficient (Wildman–Crippen LogP) is 1.31. The molecule has 0 radical (unpaired) electrons. The molecule has 0 aromatic heterocycles. The third-order valence-corrected chi connectivity index (χ3v) is 3.24. The van der Waals surface area contributed by atoms with Crippen LogP contribution >= 0.6 is 0 Å². The molecule has 0 saturated carbocycles. The summed E-state index contributed by atoms with van der Waals surface area (Å²) in [4.78, 5) is 10.9. The van der Waals surface area contributed by atoms with Gasteiger partial charge in [-0.25, -0.2) is 4.79 Å². The Morgan fingerprint density at radius 1 is 1.05 bits per heavy atom. The second-order valence-electron chi connectivity index (χ2n) is 4.65. The van der Waals surface area contributed by atoms with Gasteiger partial charge in [0.05, 0.1) is 11.7 Å². The molecule has 0 aliphatic heterocycles. The van der Waals surface area contributed by atoms with E-state index in [9.17, 15) is 15.0 Å². The van der Waals surface area contributed by atoms with Crippen molar-refractivity contribution >= 4 is 16.7 Å². The summed E-state index contributed by atoms with van der Waals surface area (Å²) < 4.78 is 0. The number of aliphatic hydroxyl groups is 3. The van der Waals surface area contributed by atoms with E-state index in [4.69, 9.17) is 10.2 Å². The highest BCUT2D eigenvalue weighted by Gasteiger charge is 2.18. The summed E-state index contributed by atoms with van der Waals surface area (Å²) in [5.74, 6) is -0.991. The Morgan fingerprint density at radius 3 is 2.35 bits per heavy atom. The Morgan fingerprint density at radius 2 is 1.70 bits per heavy atom. The first-order valence-corrected chi connectivity index (χ1v) is 6.27. The van der Waals surface area contributed by atoms with Crippen LogP contribution in [0.15, 0.2) is 36.4 Å². The number of rotatable bonds is 5. The quantitative estimate of drug-likeness (QED) is 0.660. The molecule has 2 unspecified atom stereocenters. The Labute approximate surface area is 115 Å². The molecule has 0 bridgehead atoms. The van der Waals surface area contributed by atoms with Crippen LogP contribution in [-0.2, 0) is 0 Å². The molecule has 0 fully saturated rings. The van der Waals surface area contributed by atoms with E-state index in [0.29, 0.717) is 5.56 Å². The van der Waals surface area contributed by atoms with Crippen LogP contribution in [0.4, 0.5) is 0 Å². The van der Waals surface area contributed by atoms with Gasteiger partial charge in [0.15, 0.2) is 0 Å². The minimum Gasteiger partial charge on any atom is -0.478 e. The third kappa shape index (κ3) is 2.96. The lowest BCUT2D eigenvalue weighted by Gasteiger charge is -2.17. The summed E-state index contributed by atoms with van der Waals surface area (Å²) >= 11 is 0. The van der Waals surface area contributed by atoms with E-state index in [1.165, 1.54) is 6.07 Å². The molecule has 2 aromatic rings. The third-order valence-electron chi connectivity index (χ3n) is 3.24. The van der Waals surface area contributed by atoms with E-state index in [-0.39, 0.29) is 18.6 Å². The molecule has 106 valence electrons. The molecule has 0 aliphatic carbocycles. The number of fused-ring (bicyclic) bond motifs is 1. The van der Waals surface area contributed by atoms with Crippen molar-refractivity contribution in [2.75, 3.05) is 6.61 Å². The van der Waals surface area contributed by atoms with Gasteiger partial charge in [0, 0.05) is 6.61 Å². The fourth-order valence-electron chi connectivity index (χ4n) is 2.09. The normalized spacial score (nSPS) is 14.2. The molecule has 4 N–H and O–H groups in total. The summed E-state index contributed by atoms with van der Waals surface area (Å²) in [5.41, 5.74) is 0.729. The minimum absolute atomic E-state index is 0.0944. The molecule has 0 amide bonds. The lowest BCUT2D eigenvalue weighted by Crippen LogP contribution is -2.19. The Hall–Kier alpha value is -1.95. The van der Waals surface area contributed by atoms with E-state index in [1.54, 1.807) is 30.3 Å². The fraction of sp³-hybridized carbons (Fsp3) is 0.267. The maximum absolute atomic E-state index is 10.9. The lowest BCUT2D eigenvalue weighted by molar-refractivity contribution is 0.00429. The smallest absolute Gasteiger partial charge is 0.335 e. The van der Waals surface area contributed by atoms with Gasteiger partial charge in [0.1, 0.15) is 6.10 Å². The molecule has 5 heteroatoms. The second kappa shape index (κ2) is 6.00. The van der Waals surface area contributed by atoms with Crippen molar-refractivity contribution in [3.63, 3.8) is 0 Å². The van der Waals surface area contributed by atoms with E-state index in [0.717, 1.165) is 10.8 Å². The SMILES string of the molecule is O=C(O)c1ccc2cc(C(O)C(O)CCO)ccc2c1. The Bertz CT molecular complexity index is 623. The van der Waals surface area contributed by atoms with Gasteiger partial charge in [-0.2, -0.15) is 0 Å². The van der Waals surface area contributed by atoms with Crippen molar-refractivity contribution in [3.8, 4) is 0 Å². The van der Waals surface area contributed by atoms with Crippen molar-refractivity contribution in [1.82, 2.24) is 0 Å². The molecule has 0 spiro atoms. The number of aliphatic hydroxyl groups excluding tert-OH is 3. The van der Waals surface area contributed by atoms with Crippen molar-refractivity contribution in [3.05, 3.63) is 47.5 Å². The van der Waals surface area contributed by atoms with Crippen LogP contribution in [0, 0.1) is 0 Å². The van der Waals surface area contributed by atoms with Crippen LogP contribution in [-0.4, -0.2) is 39.1 Å². The number of aromatic carboxylic acids is 1. The van der Waals surface area contributed by atoms with Crippen molar-refractivity contribution in [2.24, 2.45) is 0 Å². The number of carboxylic acid groups (broad SMARTS) is 1. The van der Waals surface area contributed by atoms with Crippen LogP contribution in [0.5, 0.6) is 0 Å². The highest BCUT2D eigenvalue weighted by Crippen LogP contribution is 2.24. The molecule has 0 heterocycles. The first-order chi connectivity index (χ1) is 9.52. The van der Waals surface area contributed by atoms with Crippen molar-refractivity contribution in [1.29, 1.82) is 0 Å². The number of hydrogen-bond donors (Lipinski definition) is 4. The van der Waals surface area contributed by atoms with Gasteiger partial charge in [-0.3, -0.25) is 0 Å². The standard InChI is InChI=1S/C15H16O5/c16-6-5-13(17)14(18)11-3-1-10-8-12(15(19)20)4-2-9(10)7-11/h1-4,7-8,13-14,16-18H,5-6H2,(H,19,20). The molecular weight excluding hydrogens is 260 g/mol. The van der Waals surface area contributed by atoms with Gasteiger partial charge in [-0.05, 0) is 41.0 Å². The maximum atomic E-state index is 10.9. The summed E-state index contributed by atoms with van der Waals surface area (Å²) in [5, 5.41) is 38.8. The maximum Gasteiger partial charge on any atom is 0.335 e. The lowest BCUT2D eigenvalue weighted by atomic mass is 9.98. The summed E-state index contributed by atoms with van der Waals surface area (Å²) in [7, 11) is 0. The van der Waals surface area contributed by atoms with E-state index in [1.807, 2.05) is 0 Å². The largest absolute Gasteiger partial charge is 0.478 e. The molecule has 0 saturated heterocycles.